The molecule has 0 bridgehead atoms. The number of allylic oxidation sites excluding steroid dienone is 1. The summed E-state index contributed by atoms with van der Waals surface area (Å²) in [4.78, 5) is 4.45. The number of nitrogens with two attached hydrogens (primary N) is 1. The van der Waals surface area contributed by atoms with E-state index in [9.17, 15) is 4.39 Å². The third-order valence-corrected chi connectivity index (χ3v) is 3.23. The van der Waals surface area contributed by atoms with Gasteiger partial charge >= 0.3 is 0 Å². The van der Waals surface area contributed by atoms with Crippen LogP contribution in [0.4, 0.5) is 15.8 Å². The monoisotopic (exact) mass is 267 g/mol. The van der Waals surface area contributed by atoms with Crippen molar-refractivity contribution in [3.8, 4) is 0 Å². The molecular weight excluding hydrogens is 253 g/mol. The molecule has 1 heterocycles. The summed E-state index contributed by atoms with van der Waals surface area (Å²) in [6.07, 6.45) is 0. The highest BCUT2D eigenvalue weighted by Crippen LogP contribution is 2.32. The van der Waals surface area contributed by atoms with Gasteiger partial charge in [0, 0.05) is 11.3 Å². The maximum absolute atomic E-state index is 13.1. The SMILES string of the molecule is CC1=C(c2ccc(F)cc2)C(N)=Nc2ccccc2N1. The van der Waals surface area contributed by atoms with Gasteiger partial charge in [0.25, 0.3) is 0 Å². The Balaban J connectivity index is 2.14. The standard InChI is InChI=1S/C16H14FN3/c1-10-15(11-6-8-12(17)9-7-11)16(18)20-14-5-3-2-4-13(14)19-10/h2-9,19H,1H3,(H2,18,20). The number of hydrogen-bond acceptors (Lipinski definition) is 3. The molecule has 0 unspecified atom stereocenters. The maximum atomic E-state index is 13.1. The summed E-state index contributed by atoms with van der Waals surface area (Å²) >= 11 is 0. The van der Waals surface area contributed by atoms with Gasteiger partial charge in [0.05, 0.1) is 11.4 Å². The van der Waals surface area contributed by atoms with Crippen molar-refractivity contribution in [2.45, 2.75) is 6.92 Å². The molecule has 0 atom stereocenters. The highest BCUT2D eigenvalue weighted by atomic mass is 19.1. The Morgan fingerprint density at radius 1 is 1.05 bits per heavy atom. The first-order chi connectivity index (χ1) is 9.65. The molecule has 20 heavy (non-hydrogen) atoms. The molecule has 0 radical (unpaired) electrons. The molecule has 0 aromatic heterocycles. The number of nitrogens with one attached hydrogen (secondary N) is 1. The first-order valence-corrected chi connectivity index (χ1v) is 6.32. The molecule has 2 aromatic rings. The Morgan fingerprint density at radius 2 is 1.75 bits per heavy atom. The van der Waals surface area contributed by atoms with E-state index in [1.807, 2.05) is 31.2 Å². The van der Waals surface area contributed by atoms with Gasteiger partial charge in [-0.25, -0.2) is 9.38 Å². The largest absolute Gasteiger partial charge is 0.383 e. The average Bonchev–Trinajstić information content (AvgIpc) is 2.55. The molecule has 1 aliphatic rings. The van der Waals surface area contributed by atoms with Gasteiger partial charge in [-0.3, -0.25) is 0 Å². The number of nitrogens with zero attached hydrogens (tertiary/aromatic N) is 1. The first-order valence-electron chi connectivity index (χ1n) is 6.32. The van der Waals surface area contributed by atoms with Gasteiger partial charge in [0.1, 0.15) is 11.7 Å². The summed E-state index contributed by atoms with van der Waals surface area (Å²) in [7, 11) is 0. The van der Waals surface area contributed by atoms with Crippen LogP contribution in [0.15, 0.2) is 59.2 Å². The minimum Gasteiger partial charge on any atom is -0.383 e. The van der Waals surface area contributed by atoms with Crippen LogP contribution >= 0.6 is 0 Å². The molecule has 0 saturated heterocycles. The molecule has 3 rings (SSSR count). The number of aliphatic imine (C=N–C) groups is 1. The summed E-state index contributed by atoms with van der Waals surface area (Å²) in [5, 5.41) is 3.31. The number of para-hydroxylation sites is 2. The Hall–Kier alpha value is -2.62. The zero-order valence-electron chi connectivity index (χ0n) is 11.0. The van der Waals surface area contributed by atoms with Crippen molar-refractivity contribution in [2.75, 3.05) is 5.32 Å². The zero-order chi connectivity index (χ0) is 14.1. The van der Waals surface area contributed by atoms with Crippen molar-refractivity contribution in [1.29, 1.82) is 0 Å². The van der Waals surface area contributed by atoms with E-state index >= 15 is 0 Å². The van der Waals surface area contributed by atoms with Crippen molar-refractivity contribution >= 4 is 22.8 Å². The third kappa shape index (κ3) is 2.16. The second-order valence-corrected chi connectivity index (χ2v) is 4.65. The summed E-state index contributed by atoms with van der Waals surface area (Å²) in [6, 6.07) is 13.9. The Morgan fingerprint density at radius 3 is 2.50 bits per heavy atom. The molecule has 0 saturated carbocycles. The van der Waals surface area contributed by atoms with Gasteiger partial charge in [-0.05, 0) is 36.8 Å². The van der Waals surface area contributed by atoms with E-state index in [0.717, 1.165) is 28.2 Å². The molecular formula is C16H14FN3. The molecule has 0 fully saturated rings. The lowest BCUT2D eigenvalue weighted by atomic mass is 10.0. The number of benzene rings is 2. The fraction of sp³-hybridized carbons (Fsp3) is 0.0625. The molecule has 100 valence electrons. The second kappa shape index (κ2) is 4.81. The smallest absolute Gasteiger partial charge is 0.133 e. The van der Waals surface area contributed by atoms with Crippen LogP contribution in [0.25, 0.3) is 5.57 Å². The van der Waals surface area contributed by atoms with E-state index in [2.05, 4.69) is 10.3 Å². The van der Waals surface area contributed by atoms with Gasteiger partial charge < -0.3 is 11.1 Å². The Bertz CT molecular complexity index is 715. The van der Waals surface area contributed by atoms with Gasteiger partial charge in [-0.15, -0.1) is 0 Å². The van der Waals surface area contributed by atoms with E-state index in [1.165, 1.54) is 12.1 Å². The fourth-order valence-corrected chi connectivity index (χ4v) is 2.30. The zero-order valence-corrected chi connectivity index (χ0v) is 11.0. The molecule has 1 aliphatic heterocycles. The number of halogens is 1. The van der Waals surface area contributed by atoms with Crippen LogP contribution in [0.5, 0.6) is 0 Å². The quantitative estimate of drug-likeness (QED) is 0.828. The van der Waals surface area contributed by atoms with Crippen LogP contribution in [0.1, 0.15) is 12.5 Å². The molecule has 0 spiro atoms. The summed E-state index contributed by atoms with van der Waals surface area (Å²) in [5.41, 5.74) is 10.3. The van der Waals surface area contributed by atoms with Crippen LogP contribution in [-0.2, 0) is 0 Å². The second-order valence-electron chi connectivity index (χ2n) is 4.65. The lowest BCUT2D eigenvalue weighted by molar-refractivity contribution is 0.627. The van der Waals surface area contributed by atoms with Crippen LogP contribution in [0.3, 0.4) is 0 Å². The van der Waals surface area contributed by atoms with Crippen molar-refractivity contribution < 1.29 is 4.39 Å². The topological polar surface area (TPSA) is 50.4 Å². The Kier molecular flexibility index (Phi) is 2.99. The van der Waals surface area contributed by atoms with E-state index in [4.69, 9.17) is 5.73 Å². The maximum Gasteiger partial charge on any atom is 0.133 e. The van der Waals surface area contributed by atoms with E-state index in [0.29, 0.717) is 5.84 Å². The van der Waals surface area contributed by atoms with Crippen molar-refractivity contribution in [1.82, 2.24) is 0 Å². The lowest BCUT2D eigenvalue weighted by Gasteiger charge is -2.11. The first kappa shape index (κ1) is 12.4. The molecule has 0 amide bonds. The van der Waals surface area contributed by atoms with Gasteiger partial charge in [0.15, 0.2) is 0 Å². The van der Waals surface area contributed by atoms with Gasteiger partial charge in [0.2, 0.25) is 0 Å². The summed E-state index contributed by atoms with van der Waals surface area (Å²) in [5.74, 6) is 0.152. The minimum atomic E-state index is -0.271. The number of anilines is 1. The highest BCUT2D eigenvalue weighted by Gasteiger charge is 2.16. The fourth-order valence-electron chi connectivity index (χ4n) is 2.30. The predicted octanol–water partition coefficient (Wildman–Crippen LogP) is 3.67. The molecule has 3 N–H and O–H groups in total. The summed E-state index contributed by atoms with van der Waals surface area (Å²) < 4.78 is 13.1. The number of amidine groups is 1. The van der Waals surface area contributed by atoms with Crippen LogP contribution < -0.4 is 11.1 Å². The summed E-state index contributed by atoms with van der Waals surface area (Å²) in [6.45, 7) is 1.93. The van der Waals surface area contributed by atoms with Crippen LogP contribution in [-0.4, -0.2) is 5.84 Å². The van der Waals surface area contributed by atoms with E-state index in [1.54, 1.807) is 12.1 Å². The van der Waals surface area contributed by atoms with E-state index in [-0.39, 0.29) is 5.82 Å². The van der Waals surface area contributed by atoms with Crippen molar-refractivity contribution in [3.63, 3.8) is 0 Å². The molecule has 0 aliphatic carbocycles. The lowest BCUT2D eigenvalue weighted by Crippen LogP contribution is -2.15. The molecule has 4 heteroatoms. The van der Waals surface area contributed by atoms with E-state index < -0.39 is 0 Å². The Labute approximate surface area is 116 Å². The number of rotatable bonds is 1. The van der Waals surface area contributed by atoms with Gasteiger partial charge in [-0.1, -0.05) is 24.3 Å². The average molecular weight is 267 g/mol. The molecule has 2 aromatic carbocycles. The third-order valence-electron chi connectivity index (χ3n) is 3.23. The number of hydrogen-bond donors (Lipinski definition) is 2. The highest BCUT2D eigenvalue weighted by molar-refractivity contribution is 6.24. The predicted molar refractivity (Wildman–Crippen MR) is 80.3 cm³/mol. The normalized spacial score (nSPS) is 14.2. The van der Waals surface area contributed by atoms with Crippen LogP contribution in [0, 0.1) is 5.82 Å². The number of fused-ring (bicyclic) bond motifs is 1. The van der Waals surface area contributed by atoms with Gasteiger partial charge in [-0.2, -0.15) is 0 Å². The van der Waals surface area contributed by atoms with Crippen molar-refractivity contribution in [3.05, 3.63) is 65.6 Å². The van der Waals surface area contributed by atoms with Crippen LogP contribution in [0.2, 0.25) is 0 Å². The van der Waals surface area contributed by atoms with Crippen molar-refractivity contribution in [2.24, 2.45) is 10.7 Å². The molecule has 3 nitrogen and oxygen atoms in total. The minimum absolute atomic E-state index is 0.271.